The van der Waals surface area contributed by atoms with Gasteiger partial charge in [-0.15, -0.1) is 11.6 Å². The third kappa shape index (κ3) is 2.79. The van der Waals surface area contributed by atoms with Gasteiger partial charge >= 0.3 is 5.97 Å². The van der Waals surface area contributed by atoms with Gasteiger partial charge in [-0.25, -0.2) is 4.79 Å². The molecule has 1 aromatic heterocycles. The fraction of sp³-hybridized carbons (Fsp3) is 0.583. The number of hydrogen-bond donors (Lipinski definition) is 1. The topological polar surface area (TPSA) is 42.1 Å². The first kappa shape index (κ1) is 13.1. The lowest BCUT2D eigenvalue weighted by Gasteiger charge is -2.01. The molecule has 0 bridgehead atoms. The molecule has 0 amide bonds. The first-order valence-corrected chi connectivity index (χ1v) is 6.06. The molecule has 0 atom stereocenters. The van der Waals surface area contributed by atoms with Gasteiger partial charge in [0.15, 0.2) is 0 Å². The molecule has 1 rings (SSSR count). The average Bonchev–Trinajstić information content (AvgIpc) is 2.53. The van der Waals surface area contributed by atoms with E-state index in [0.717, 1.165) is 24.1 Å². The highest BCUT2D eigenvalue weighted by atomic mass is 35.5. The van der Waals surface area contributed by atoms with Crippen LogP contribution in [0.25, 0.3) is 0 Å². The van der Waals surface area contributed by atoms with E-state index in [1.165, 1.54) is 5.56 Å². The monoisotopic (exact) mass is 243 g/mol. The Morgan fingerprint density at radius 1 is 1.44 bits per heavy atom. The molecular weight excluding hydrogens is 226 g/mol. The summed E-state index contributed by atoms with van der Waals surface area (Å²) in [6, 6.07) is 0. The Kier molecular flexibility index (Phi) is 4.87. The molecule has 3 nitrogen and oxygen atoms in total. The van der Waals surface area contributed by atoms with E-state index in [0.29, 0.717) is 18.2 Å². The molecule has 0 spiro atoms. The fourth-order valence-corrected chi connectivity index (χ4v) is 1.95. The molecule has 16 heavy (non-hydrogen) atoms. The lowest BCUT2D eigenvalue weighted by molar-refractivity contribution is 0.0519. The predicted octanol–water partition coefficient (Wildman–Crippen LogP) is 2.98. The Bertz CT molecular complexity index is 371. The highest BCUT2D eigenvalue weighted by Crippen LogP contribution is 2.20. The smallest absolute Gasteiger partial charge is 0.355 e. The van der Waals surface area contributed by atoms with Crippen LogP contribution in [-0.4, -0.2) is 23.4 Å². The lowest BCUT2D eigenvalue weighted by Crippen LogP contribution is -2.06. The number of H-pyrrole nitrogens is 1. The van der Waals surface area contributed by atoms with Gasteiger partial charge < -0.3 is 9.72 Å². The Morgan fingerprint density at radius 2 is 2.12 bits per heavy atom. The summed E-state index contributed by atoms with van der Waals surface area (Å²) in [7, 11) is 0. The molecule has 0 aromatic carbocycles. The van der Waals surface area contributed by atoms with Gasteiger partial charge in [-0.05, 0) is 44.7 Å². The van der Waals surface area contributed by atoms with Crippen molar-refractivity contribution in [2.45, 2.75) is 33.6 Å². The number of alkyl halides is 1. The highest BCUT2D eigenvalue weighted by molar-refractivity contribution is 6.17. The Balaban J connectivity index is 2.92. The van der Waals surface area contributed by atoms with Crippen molar-refractivity contribution >= 4 is 17.6 Å². The van der Waals surface area contributed by atoms with Crippen LogP contribution in [0.5, 0.6) is 0 Å². The summed E-state index contributed by atoms with van der Waals surface area (Å²) in [5, 5.41) is 0. The molecule has 0 fully saturated rings. The van der Waals surface area contributed by atoms with Crippen molar-refractivity contribution in [1.29, 1.82) is 0 Å². The Morgan fingerprint density at radius 3 is 2.69 bits per heavy atom. The predicted molar refractivity (Wildman–Crippen MR) is 65.3 cm³/mol. The quantitative estimate of drug-likeness (QED) is 0.638. The number of ether oxygens (including phenoxy) is 1. The van der Waals surface area contributed by atoms with Crippen molar-refractivity contribution in [3.05, 3.63) is 22.5 Å². The number of carbonyl (C=O) groups is 1. The second-order valence-electron chi connectivity index (χ2n) is 3.74. The molecule has 1 heterocycles. The molecule has 1 N–H and O–H groups in total. The first-order chi connectivity index (χ1) is 7.61. The fourth-order valence-electron chi connectivity index (χ4n) is 1.81. The first-order valence-electron chi connectivity index (χ1n) is 5.52. The molecule has 0 aliphatic carbocycles. The maximum atomic E-state index is 11.6. The van der Waals surface area contributed by atoms with Crippen LogP contribution in [0.3, 0.4) is 0 Å². The summed E-state index contributed by atoms with van der Waals surface area (Å²) < 4.78 is 4.99. The lowest BCUT2D eigenvalue weighted by atomic mass is 10.1. The van der Waals surface area contributed by atoms with E-state index in [2.05, 4.69) is 4.98 Å². The summed E-state index contributed by atoms with van der Waals surface area (Å²) in [5.74, 6) is 0.360. The number of rotatable bonds is 5. The van der Waals surface area contributed by atoms with Crippen LogP contribution in [-0.2, 0) is 11.2 Å². The van der Waals surface area contributed by atoms with Gasteiger partial charge in [0, 0.05) is 11.6 Å². The van der Waals surface area contributed by atoms with Crippen molar-refractivity contribution in [3.63, 3.8) is 0 Å². The number of aromatic nitrogens is 1. The summed E-state index contributed by atoms with van der Waals surface area (Å²) >= 11 is 5.67. The Labute approximate surface area is 101 Å². The second-order valence-corrected chi connectivity index (χ2v) is 4.12. The molecule has 4 heteroatoms. The van der Waals surface area contributed by atoms with E-state index in [1.54, 1.807) is 6.92 Å². The Hall–Kier alpha value is -0.960. The number of hydrogen-bond acceptors (Lipinski definition) is 2. The number of halogens is 1. The van der Waals surface area contributed by atoms with Crippen LogP contribution in [0, 0.1) is 13.8 Å². The maximum absolute atomic E-state index is 11.6. The standard InChI is InChI=1S/C12H18ClNO2/c1-4-16-12(15)11-8(2)10(6-5-7-13)9(3)14-11/h14H,4-7H2,1-3H3. The highest BCUT2D eigenvalue weighted by Gasteiger charge is 2.17. The zero-order chi connectivity index (χ0) is 12.1. The van der Waals surface area contributed by atoms with Crippen LogP contribution < -0.4 is 0 Å². The average molecular weight is 244 g/mol. The van der Waals surface area contributed by atoms with E-state index < -0.39 is 0 Å². The molecule has 0 aliphatic heterocycles. The van der Waals surface area contributed by atoms with Crippen molar-refractivity contribution < 1.29 is 9.53 Å². The molecule has 1 aromatic rings. The molecule has 0 aliphatic rings. The van der Waals surface area contributed by atoms with E-state index in [-0.39, 0.29) is 5.97 Å². The number of esters is 1. The minimum Gasteiger partial charge on any atom is -0.461 e. The molecule has 0 saturated carbocycles. The summed E-state index contributed by atoms with van der Waals surface area (Å²) in [6.07, 6.45) is 1.82. The molecular formula is C12H18ClNO2. The van der Waals surface area contributed by atoms with Gasteiger partial charge in [0.1, 0.15) is 5.69 Å². The SMILES string of the molecule is CCOC(=O)c1[nH]c(C)c(CCCCl)c1C. The van der Waals surface area contributed by atoms with Crippen LogP contribution in [0.1, 0.15) is 40.7 Å². The van der Waals surface area contributed by atoms with Gasteiger partial charge in [-0.1, -0.05) is 0 Å². The van der Waals surface area contributed by atoms with Crippen LogP contribution >= 0.6 is 11.6 Å². The van der Waals surface area contributed by atoms with Crippen molar-refractivity contribution in [1.82, 2.24) is 4.98 Å². The van der Waals surface area contributed by atoms with Crippen molar-refractivity contribution in [2.24, 2.45) is 0 Å². The molecule has 0 radical (unpaired) electrons. The zero-order valence-corrected chi connectivity index (χ0v) is 10.8. The largest absolute Gasteiger partial charge is 0.461 e. The minimum atomic E-state index is -0.278. The van der Waals surface area contributed by atoms with Crippen molar-refractivity contribution in [2.75, 3.05) is 12.5 Å². The third-order valence-corrected chi connectivity index (χ3v) is 2.90. The normalized spacial score (nSPS) is 10.5. The van der Waals surface area contributed by atoms with Crippen LogP contribution in [0.15, 0.2) is 0 Å². The van der Waals surface area contributed by atoms with E-state index in [4.69, 9.17) is 16.3 Å². The maximum Gasteiger partial charge on any atom is 0.355 e. The summed E-state index contributed by atoms with van der Waals surface area (Å²) in [4.78, 5) is 14.7. The minimum absolute atomic E-state index is 0.278. The second kappa shape index (κ2) is 5.94. The van der Waals surface area contributed by atoms with Gasteiger partial charge in [-0.3, -0.25) is 0 Å². The van der Waals surface area contributed by atoms with Gasteiger partial charge in [0.05, 0.1) is 6.61 Å². The number of carbonyl (C=O) groups excluding carboxylic acids is 1. The number of aryl methyl sites for hydroxylation is 1. The van der Waals surface area contributed by atoms with Crippen LogP contribution in [0.4, 0.5) is 0 Å². The van der Waals surface area contributed by atoms with Gasteiger partial charge in [0.2, 0.25) is 0 Å². The third-order valence-electron chi connectivity index (χ3n) is 2.63. The number of aromatic amines is 1. The summed E-state index contributed by atoms with van der Waals surface area (Å²) in [5.41, 5.74) is 3.78. The summed E-state index contributed by atoms with van der Waals surface area (Å²) in [6.45, 7) is 6.11. The van der Waals surface area contributed by atoms with E-state index in [1.807, 2.05) is 13.8 Å². The van der Waals surface area contributed by atoms with E-state index >= 15 is 0 Å². The molecule has 0 unspecified atom stereocenters. The number of nitrogens with one attached hydrogen (secondary N) is 1. The van der Waals surface area contributed by atoms with Gasteiger partial charge in [-0.2, -0.15) is 0 Å². The van der Waals surface area contributed by atoms with E-state index in [9.17, 15) is 4.79 Å². The van der Waals surface area contributed by atoms with Crippen molar-refractivity contribution in [3.8, 4) is 0 Å². The zero-order valence-electron chi connectivity index (χ0n) is 10.0. The molecule has 90 valence electrons. The van der Waals surface area contributed by atoms with Crippen LogP contribution in [0.2, 0.25) is 0 Å². The van der Waals surface area contributed by atoms with Gasteiger partial charge in [0.25, 0.3) is 0 Å². The molecule has 0 saturated heterocycles.